The van der Waals surface area contributed by atoms with Gasteiger partial charge in [0.05, 0.1) is 12.5 Å². The largest absolute Gasteiger partial charge is 0.481 e. The van der Waals surface area contributed by atoms with Crippen molar-refractivity contribution in [1.29, 1.82) is 0 Å². The summed E-state index contributed by atoms with van der Waals surface area (Å²) in [5, 5.41) is 9.01. The Kier molecular flexibility index (Phi) is 4.54. The van der Waals surface area contributed by atoms with E-state index in [1.54, 1.807) is 0 Å². The fourth-order valence-electron chi connectivity index (χ4n) is 3.57. The molecule has 1 aliphatic heterocycles. The van der Waals surface area contributed by atoms with Gasteiger partial charge in [-0.25, -0.2) is 8.78 Å². The molecule has 1 amide bonds. The smallest absolute Gasteiger partial charge is 0.305 e. The SMILES string of the molecule is COC1CC(CC(=O)O)N(C(=O)C2CC2c2c(F)cccc2F)C1. The lowest BCUT2D eigenvalue weighted by Crippen LogP contribution is -2.38. The fraction of sp³-hybridized carbons (Fsp3) is 0.529. The van der Waals surface area contributed by atoms with Crippen molar-refractivity contribution in [1.82, 2.24) is 4.90 Å². The van der Waals surface area contributed by atoms with Gasteiger partial charge in [-0.3, -0.25) is 9.59 Å². The quantitative estimate of drug-likeness (QED) is 0.893. The lowest BCUT2D eigenvalue weighted by atomic mass is 10.1. The number of nitrogens with zero attached hydrogens (tertiary/aromatic N) is 1. The minimum Gasteiger partial charge on any atom is -0.481 e. The van der Waals surface area contributed by atoms with Gasteiger partial charge in [0.1, 0.15) is 11.6 Å². The molecule has 5 nitrogen and oxygen atoms in total. The predicted molar refractivity (Wildman–Crippen MR) is 80.4 cm³/mol. The van der Waals surface area contributed by atoms with Crippen molar-refractivity contribution >= 4 is 11.9 Å². The number of halogens is 2. The summed E-state index contributed by atoms with van der Waals surface area (Å²) < 4.78 is 33.0. The molecule has 1 saturated heterocycles. The first-order valence-corrected chi connectivity index (χ1v) is 7.91. The van der Waals surface area contributed by atoms with Crippen LogP contribution >= 0.6 is 0 Å². The molecule has 1 aromatic carbocycles. The second-order valence-electron chi connectivity index (χ2n) is 6.42. The summed E-state index contributed by atoms with van der Waals surface area (Å²) >= 11 is 0. The second-order valence-corrected chi connectivity index (χ2v) is 6.42. The van der Waals surface area contributed by atoms with Crippen LogP contribution in [-0.2, 0) is 14.3 Å². The van der Waals surface area contributed by atoms with E-state index in [1.165, 1.54) is 30.2 Å². The molecule has 1 aliphatic carbocycles. The monoisotopic (exact) mass is 339 g/mol. The van der Waals surface area contributed by atoms with Crippen molar-refractivity contribution < 1.29 is 28.2 Å². The molecule has 4 unspecified atom stereocenters. The van der Waals surface area contributed by atoms with E-state index in [2.05, 4.69) is 0 Å². The van der Waals surface area contributed by atoms with Crippen molar-refractivity contribution in [3.05, 3.63) is 35.4 Å². The molecule has 4 atom stereocenters. The van der Waals surface area contributed by atoms with Crippen molar-refractivity contribution in [3.8, 4) is 0 Å². The number of methoxy groups -OCH3 is 1. The molecule has 3 rings (SSSR count). The minimum absolute atomic E-state index is 0.0480. The van der Waals surface area contributed by atoms with Crippen LogP contribution in [0.2, 0.25) is 0 Å². The Morgan fingerprint density at radius 2 is 1.96 bits per heavy atom. The molecule has 0 radical (unpaired) electrons. The number of rotatable bonds is 5. The van der Waals surface area contributed by atoms with Crippen LogP contribution in [0, 0.1) is 17.6 Å². The van der Waals surface area contributed by atoms with Crippen LogP contribution in [-0.4, -0.2) is 47.7 Å². The number of carbonyl (C=O) groups is 2. The van der Waals surface area contributed by atoms with E-state index in [1.807, 2.05) is 0 Å². The van der Waals surface area contributed by atoms with Crippen LogP contribution in [0.4, 0.5) is 8.78 Å². The molecule has 1 aromatic rings. The molecule has 2 fully saturated rings. The molecule has 1 saturated carbocycles. The molecular weight excluding hydrogens is 320 g/mol. The summed E-state index contributed by atoms with van der Waals surface area (Å²) in [5.41, 5.74) is -0.0480. The Morgan fingerprint density at radius 1 is 1.29 bits per heavy atom. The molecule has 0 spiro atoms. The molecule has 2 aliphatic rings. The summed E-state index contributed by atoms with van der Waals surface area (Å²) in [6, 6.07) is 3.22. The normalized spacial score (nSPS) is 28.9. The molecule has 1 N–H and O–H groups in total. The summed E-state index contributed by atoms with van der Waals surface area (Å²) in [4.78, 5) is 25.2. The second kappa shape index (κ2) is 6.47. The van der Waals surface area contributed by atoms with Gasteiger partial charge in [0.25, 0.3) is 0 Å². The number of benzene rings is 1. The summed E-state index contributed by atoms with van der Waals surface area (Å²) in [6.45, 7) is 0.316. The van der Waals surface area contributed by atoms with Crippen LogP contribution in [0.5, 0.6) is 0 Å². The maximum atomic E-state index is 13.9. The average molecular weight is 339 g/mol. The van der Waals surface area contributed by atoms with Crippen LogP contribution in [0.15, 0.2) is 18.2 Å². The maximum absolute atomic E-state index is 13.9. The first kappa shape index (κ1) is 16.8. The highest BCUT2D eigenvalue weighted by atomic mass is 19.1. The number of amides is 1. The topological polar surface area (TPSA) is 66.8 Å². The Labute approximate surface area is 138 Å². The third-order valence-corrected chi connectivity index (χ3v) is 4.88. The number of hydrogen-bond donors (Lipinski definition) is 1. The standard InChI is InChI=1S/C17H19F2NO4/c1-24-10-5-9(6-15(21)22)20(8-10)17(23)12-7-11(12)16-13(18)3-2-4-14(16)19/h2-4,9-12H,5-8H2,1H3,(H,21,22). The predicted octanol–water partition coefficient (Wildman–Crippen LogP) is 2.16. The number of aliphatic carboxylic acids is 1. The van der Waals surface area contributed by atoms with Gasteiger partial charge >= 0.3 is 5.97 Å². The Hall–Kier alpha value is -2.02. The number of carbonyl (C=O) groups excluding carboxylic acids is 1. The Morgan fingerprint density at radius 3 is 2.54 bits per heavy atom. The Balaban J connectivity index is 1.74. The van der Waals surface area contributed by atoms with Gasteiger partial charge in [-0.05, 0) is 25.0 Å². The molecule has 7 heteroatoms. The van der Waals surface area contributed by atoms with Gasteiger partial charge in [0, 0.05) is 37.1 Å². The lowest BCUT2D eigenvalue weighted by Gasteiger charge is -2.23. The third kappa shape index (κ3) is 3.13. The van der Waals surface area contributed by atoms with E-state index in [4.69, 9.17) is 9.84 Å². The number of likely N-dealkylation sites (tertiary alicyclic amines) is 1. The van der Waals surface area contributed by atoms with E-state index in [-0.39, 0.29) is 24.0 Å². The number of carboxylic acid groups (broad SMARTS) is 1. The number of carboxylic acids is 1. The summed E-state index contributed by atoms with van der Waals surface area (Å²) in [7, 11) is 1.52. The van der Waals surface area contributed by atoms with Gasteiger partial charge in [-0.15, -0.1) is 0 Å². The zero-order chi connectivity index (χ0) is 17.4. The van der Waals surface area contributed by atoms with Crippen molar-refractivity contribution in [2.24, 2.45) is 5.92 Å². The molecule has 1 heterocycles. The van der Waals surface area contributed by atoms with Crippen molar-refractivity contribution in [3.63, 3.8) is 0 Å². The summed E-state index contributed by atoms with van der Waals surface area (Å²) in [5.74, 6) is -3.49. The lowest BCUT2D eigenvalue weighted by molar-refractivity contribution is -0.140. The van der Waals surface area contributed by atoms with Crippen molar-refractivity contribution in [2.75, 3.05) is 13.7 Å². The summed E-state index contributed by atoms with van der Waals surface area (Å²) in [6.07, 6.45) is 0.475. The first-order chi connectivity index (χ1) is 11.4. The highest BCUT2D eigenvalue weighted by Crippen LogP contribution is 2.50. The maximum Gasteiger partial charge on any atom is 0.305 e. The zero-order valence-corrected chi connectivity index (χ0v) is 13.2. The van der Waals surface area contributed by atoms with E-state index in [0.29, 0.717) is 19.4 Å². The molecule has 0 bridgehead atoms. The van der Waals surface area contributed by atoms with Crippen LogP contribution in [0.1, 0.15) is 30.7 Å². The number of ether oxygens (including phenoxy) is 1. The molecule has 0 aromatic heterocycles. The first-order valence-electron chi connectivity index (χ1n) is 7.91. The molecular formula is C17H19F2NO4. The van der Waals surface area contributed by atoms with E-state index < -0.39 is 35.5 Å². The number of hydrogen-bond acceptors (Lipinski definition) is 3. The average Bonchev–Trinajstić information content (AvgIpc) is 3.19. The van der Waals surface area contributed by atoms with Crippen LogP contribution in [0.3, 0.4) is 0 Å². The van der Waals surface area contributed by atoms with E-state index in [0.717, 1.165) is 0 Å². The Bertz CT molecular complexity index is 646. The van der Waals surface area contributed by atoms with Crippen molar-refractivity contribution in [2.45, 2.75) is 37.3 Å². The highest BCUT2D eigenvalue weighted by Gasteiger charge is 2.50. The third-order valence-electron chi connectivity index (χ3n) is 4.88. The van der Waals surface area contributed by atoms with Gasteiger partial charge in [-0.2, -0.15) is 0 Å². The van der Waals surface area contributed by atoms with Crippen LogP contribution in [0.25, 0.3) is 0 Å². The zero-order valence-electron chi connectivity index (χ0n) is 13.2. The fourth-order valence-corrected chi connectivity index (χ4v) is 3.57. The van der Waals surface area contributed by atoms with E-state index >= 15 is 0 Å². The minimum atomic E-state index is -0.984. The van der Waals surface area contributed by atoms with Gasteiger partial charge in [0.15, 0.2) is 0 Å². The van der Waals surface area contributed by atoms with E-state index in [9.17, 15) is 18.4 Å². The molecule has 24 heavy (non-hydrogen) atoms. The van der Waals surface area contributed by atoms with Gasteiger partial charge < -0.3 is 14.7 Å². The highest BCUT2D eigenvalue weighted by molar-refractivity contribution is 5.84. The van der Waals surface area contributed by atoms with Crippen LogP contribution < -0.4 is 0 Å². The molecule has 130 valence electrons. The van der Waals surface area contributed by atoms with Gasteiger partial charge in [-0.1, -0.05) is 6.07 Å². The van der Waals surface area contributed by atoms with Gasteiger partial charge in [0.2, 0.25) is 5.91 Å².